The number of aromatic nitrogens is 2. The Labute approximate surface area is 171 Å². The van der Waals surface area contributed by atoms with E-state index >= 15 is 0 Å². The van der Waals surface area contributed by atoms with Crippen molar-refractivity contribution in [3.63, 3.8) is 0 Å². The van der Waals surface area contributed by atoms with Gasteiger partial charge < -0.3 is 19.7 Å². The molecule has 1 amide bonds. The molecular formula is C22H28N4O3. The van der Waals surface area contributed by atoms with E-state index in [1.807, 2.05) is 25.1 Å². The number of piperidine rings is 1. The molecule has 0 atom stereocenters. The number of ether oxygens (including phenoxy) is 2. The SMILES string of the molecule is COc1ccc(C=CC(=O)NCc2nc(C)cc(N3CCCCC3)n2)cc1OC. The number of carbonyl (C=O) groups is 1. The molecule has 3 rings (SSSR count). The molecule has 0 saturated carbocycles. The second-order valence-corrected chi connectivity index (χ2v) is 7.00. The number of rotatable bonds is 7. The van der Waals surface area contributed by atoms with E-state index in [2.05, 4.69) is 20.2 Å². The van der Waals surface area contributed by atoms with Crippen LogP contribution in [0.2, 0.25) is 0 Å². The highest BCUT2D eigenvalue weighted by atomic mass is 16.5. The van der Waals surface area contributed by atoms with Gasteiger partial charge in [-0.3, -0.25) is 4.79 Å². The minimum atomic E-state index is -0.204. The van der Waals surface area contributed by atoms with Crippen LogP contribution < -0.4 is 19.7 Å². The summed E-state index contributed by atoms with van der Waals surface area (Å²) in [6, 6.07) is 7.49. The summed E-state index contributed by atoms with van der Waals surface area (Å²) in [5.74, 6) is 2.63. The Hall–Kier alpha value is -3.09. The van der Waals surface area contributed by atoms with E-state index in [9.17, 15) is 4.79 Å². The van der Waals surface area contributed by atoms with Crippen molar-refractivity contribution in [2.45, 2.75) is 32.7 Å². The Kier molecular flexibility index (Phi) is 7.05. The molecule has 2 heterocycles. The minimum absolute atomic E-state index is 0.204. The molecule has 29 heavy (non-hydrogen) atoms. The van der Waals surface area contributed by atoms with Gasteiger partial charge in [-0.1, -0.05) is 6.07 Å². The van der Waals surface area contributed by atoms with E-state index < -0.39 is 0 Å². The first-order valence-corrected chi connectivity index (χ1v) is 9.86. The van der Waals surface area contributed by atoms with Crippen LogP contribution in [-0.2, 0) is 11.3 Å². The molecule has 2 aromatic rings. The van der Waals surface area contributed by atoms with E-state index in [-0.39, 0.29) is 12.5 Å². The van der Waals surface area contributed by atoms with Gasteiger partial charge in [-0.25, -0.2) is 9.97 Å². The van der Waals surface area contributed by atoms with Crippen LogP contribution in [0, 0.1) is 6.92 Å². The minimum Gasteiger partial charge on any atom is -0.493 e. The fourth-order valence-electron chi connectivity index (χ4n) is 3.33. The van der Waals surface area contributed by atoms with Gasteiger partial charge in [-0.15, -0.1) is 0 Å². The van der Waals surface area contributed by atoms with Crippen molar-refractivity contribution in [1.29, 1.82) is 0 Å². The van der Waals surface area contributed by atoms with Crippen LogP contribution >= 0.6 is 0 Å². The fourth-order valence-corrected chi connectivity index (χ4v) is 3.33. The summed E-state index contributed by atoms with van der Waals surface area (Å²) in [5, 5.41) is 2.85. The van der Waals surface area contributed by atoms with E-state index in [4.69, 9.17) is 9.47 Å². The normalized spacial score (nSPS) is 14.1. The zero-order valence-corrected chi connectivity index (χ0v) is 17.3. The van der Waals surface area contributed by atoms with Gasteiger partial charge >= 0.3 is 0 Å². The van der Waals surface area contributed by atoms with Gasteiger partial charge in [-0.2, -0.15) is 0 Å². The Balaban J connectivity index is 1.60. The topological polar surface area (TPSA) is 76.6 Å². The average molecular weight is 396 g/mol. The zero-order valence-electron chi connectivity index (χ0n) is 17.3. The Morgan fingerprint density at radius 1 is 1.10 bits per heavy atom. The van der Waals surface area contributed by atoms with Crippen LogP contribution in [0.3, 0.4) is 0 Å². The van der Waals surface area contributed by atoms with E-state index in [0.717, 1.165) is 30.2 Å². The number of nitrogens with zero attached hydrogens (tertiary/aromatic N) is 3. The predicted molar refractivity (Wildman–Crippen MR) is 113 cm³/mol. The van der Waals surface area contributed by atoms with Crippen LogP contribution in [0.5, 0.6) is 11.5 Å². The molecule has 154 valence electrons. The van der Waals surface area contributed by atoms with Gasteiger partial charge in [0.25, 0.3) is 0 Å². The molecule has 7 nitrogen and oxygen atoms in total. The number of aryl methyl sites for hydroxylation is 1. The molecule has 1 aliphatic heterocycles. The lowest BCUT2D eigenvalue weighted by Gasteiger charge is -2.28. The Morgan fingerprint density at radius 2 is 1.86 bits per heavy atom. The highest BCUT2D eigenvalue weighted by Crippen LogP contribution is 2.27. The van der Waals surface area contributed by atoms with Crippen LogP contribution in [0.1, 0.15) is 36.3 Å². The molecule has 0 bridgehead atoms. The van der Waals surface area contributed by atoms with Gasteiger partial charge in [0.05, 0.1) is 20.8 Å². The van der Waals surface area contributed by atoms with Crippen molar-refractivity contribution in [2.24, 2.45) is 0 Å². The second kappa shape index (κ2) is 9.91. The van der Waals surface area contributed by atoms with Gasteiger partial charge in [0, 0.05) is 30.9 Å². The first-order chi connectivity index (χ1) is 14.1. The maximum atomic E-state index is 12.2. The summed E-state index contributed by atoms with van der Waals surface area (Å²) >= 11 is 0. The summed E-state index contributed by atoms with van der Waals surface area (Å²) in [5.41, 5.74) is 1.75. The number of hydrogen-bond donors (Lipinski definition) is 1. The first-order valence-electron chi connectivity index (χ1n) is 9.86. The van der Waals surface area contributed by atoms with E-state index in [1.165, 1.54) is 25.3 Å². The maximum Gasteiger partial charge on any atom is 0.244 e. The Morgan fingerprint density at radius 3 is 2.59 bits per heavy atom. The van der Waals surface area contributed by atoms with Crippen molar-refractivity contribution in [3.8, 4) is 11.5 Å². The molecule has 1 aromatic carbocycles. The molecule has 1 N–H and O–H groups in total. The third kappa shape index (κ3) is 5.70. The third-order valence-corrected chi connectivity index (χ3v) is 4.82. The van der Waals surface area contributed by atoms with Gasteiger partial charge in [0.1, 0.15) is 11.6 Å². The van der Waals surface area contributed by atoms with E-state index in [0.29, 0.717) is 17.3 Å². The monoisotopic (exact) mass is 396 g/mol. The highest BCUT2D eigenvalue weighted by Gasteiger charge is 2.14. The largest absolute Gasteiger partial charge is 0.493 e. The lowest BCUT2D eigenvalue weighted by molar-refractivity contribution is -0.116. The van der Waals surface area contributed by atoms with Crippen LogP contribution in [0.25, 0.3) is 6.08 Å². The second-order valence-electron chi connectivity index (χ2n) is 7.00. The number of carbonyl (C=O) groups excluding carboxylic acids is 1. The molecule has 7 heteroatoms. The maximum absolute atomic E-state index is 12.2. The van der Waals surface area contributed by atoms with Crippen molar-refractivity contribution in [3.05, 3.63) is 47.4 Å². The van der Waals surface area contributed by atoms with E-state index in [1.54, 1.807) is 26.4 Å². The summed E-state index contributed by atoms with van der Waals surface area (Å²) in [6.07, 6.45) is 6.87. The molecule has 0 spiro atoms. The highest BCUT2D eigenvalue weighted by molar-refractivity contribution is 5.91. The lowest BCUT2D eigenvalue weighted by atomic mass is 10.1. The smallest absolute Gasteiger partial charge is 0.244 e. The first kappa shape index (κ1) is 20.6. The molecule has 0 radical (unpaired) electrons. The van der Waals surface area contributed by atoms with Crippen molar-refractivity contribution in [1.82, 2.24) is 15.3 Å². The summed E-state index contributed by atoms with van der Waals surface area (Å²) in [7, 11) is 3.17. The number of amides is 1. The quantitative estimate of drug-likeness (QED) is 0.725. The number of hydrogen-bond acceptors (Lipinski definition) is 6. The molecular weight excluding hydrogens is 368 g/mol. The summed E-state index contributed by atoms with van der Waals surface area (Å²) < 4.78 is 10.5. The molecule has 1 fully saturated rings. The van der Waals surface area contributed by atoms with Crippen molar-refractivity contribution >= 4 is 17.8 Å². The number of methoxy groups -OCH3 is 2. The molecule has 1 saturated heterocycles. The molecule has 0 unspecified atom stereocenters. The molecule has 0 aliphatic carbocycles. The average Bonchev–Trinajstić information content (AvgIpc) is 2.76. The van der Waals surface area contributed by atoms with Gasteiger partial charge in [-0.05, 0) is 50.0 Å². The van der Waals surface area contributed by atoms with Gasteiger partial charge in [0.2, 0.25) is 5.91 Å². The summed E-state index contributed by atoms with van der Waals surface area (Å²) in [6.45, 7) is 4.29. The van der Waals surface area contributed by atoms with Gasteiger partial charge in [0.15, 0.2) is 11.5 Å². The van der Waals surface area contributed by atoms with Crippen LogP contribution in [0.4, 0.5) is 5.82 Å². The molecule has 1 aromatic heterocycles. The number of benzene rings is 1. The summed E-state index contributed by atoms with van der Waals surface area (Å²) in [4.78, 5) is 23.6. The number of anilines is 1. The zero-order chi connectivity index (χ0) is 20.6. The van der Waals surface area contributed by atoms with Crippen LogP contribution in [0.15, 0.2) is 30.3 Å². The lowest BCUT2D eigenvalue weighted by Crippen LogP contribution is -2.31. The predicted octanol–water partition coefficient (Wildman–Crippen LogP) is 3.12. The molecule has 1 aliphatic rings. The van der Waals surface area contributed by atoms with Crippen LogP contribution in [-0.4, -0.2) is 43.2 Å². The standard InChI is InChI=1S/C22H28N4O3/c1-16-13-21(26-11-5-4-6-12-26)25-20(24-16)15-23-22(27)10-8-17-7-9-18(28-2)19(14-17)29-3/h7-10,13-14H,4-6,11-12,15H2,1-3H3,(H,23,27). The van der Waals surface area contributed by atoms with Crippen molar-refractivity contribution in [2.75, 3.05) is 32.2 Å². The fraction of sp³-hybridized carbons (Fsp3) is 0.409. The van der Waals surface area contributed by atoms with Crippen molar-refractivity contribution < 1.29 is 14.3 Å². The Bertz CT molecular complexity index is 876. The number of nitrogens with one attached hydrogen (secondary N) is 1. The third-order valence-electron chi connectivity index (χ3n) is 4.82.